The topological polar surface area (TPSA) is 56.2 Å². The standard InChI is InChI=1S/C19H22ClNO2/c1-12-16(18(20)13-6-3-2-4-7-13)11-17(23-12)14-8-5-9-15(10-14)19(21)22/h5,8-11,13,18H,2-4,6-7H2,1H3,(H2,21,22). The summed E-state index contributed by atoms with van der Waals surface area (Å²) in [4.78, 5) is 11.3. The Balaban J connectivity index is 1.88. The van der Waals surface area contributed by atoms with Crippen molar-refractivity contribution in [3.63, 3.8) is 0 Å². The number of amides is 1. The van der Waals surface area contributed by atoms with Gasteiger partial charge in [-0.1, -0.05) is 31.4 Å². The Morgan fingerprint density at radius 2 is 2.00 bits per heavy atom. The molecule has 3 rings (SSSR count). The molecule has 1 heterocycles. The van der Waals surface area contributed by atoms with E-state index < -0.39 is 5.91 Å². The molecule has 0 radical (unpaired) electrons. The molecular weight excluding hydrogens is 310 g/mol. The van der Waals surface area contributed by atoms with Crippen molar-refractivity contribution in [1.29, 1.82) is 0 Å². The van der Waals surface area contributed by atoms with Gasteiger partial charge in [0.1, 0.15) is 11.5 Å². The number of carbonyl (C=O) groups is 1. The molecule has 0 aliphatic heterocycles. The van der Waals surface area contributed by atoms with Gasteiger partial charge in [-0.25, -0.2) is 0 Å². The Kier molecular flexibility index (Phi) is 4.76. The van der Waals surface area contributed by atoms with Crippen molar-refractivity contribution in [1.82, 2.24) is 0 Å². The van der Waals surface area contributed by atoms with Gasteiger partial charge >= 0.3 is 0 Å². The third-order valence-electron chi connectivity index (χ3n) is 4.75. The third kappa shape index (κ3) is 3.45. The first-order valence-electron chi connectivity index (χ1n) is 8.21. The van der Waals surface area contributed by atoms with E-state index in [1.807, 2.05) is 25.1 Å². The maximum atomic E-state index is 11.3. The molecule has 1 amide bonds. The fraction of sp³-hybridized carbons (Fsp3) is 0.421. The lowest BCUT2D eigenvalue weighted by Gasteiger charge is -2.25. The number of hydrogen-bond acceptors (Lipinski definition) is 2. The number of halogens is 1. The van der Waals surface area contributed by atoms with E-state index in [2.05, 4.69) is 0 Å². The number of primary amides is 1. The molecule has 23 heavy (non-hydrogen) atoms. The fourth-order valence-corrected chi connectivity index (χ4v) is 3.89. The van der Waals surface area contributed by atoms with Gasteiger partial charge in [-0.3, -0.25) is 4.79 Å². The number of aryl methyl sites for hydroxylation is 1. The Morgan fingerprint density at radius 3 is 2.70 bits per heavy atom. The molecule has 1 fully saturated rings. The smallest absolute Gasteiger partial charge is 0.248 e. The number of hydrogen-bond donors (Lipinski definition) is 1. The highest BCUT2D eigenvalue weighted by Crippen LogP contribution is 2.42. The normalized spacial score (nSPS) is 17.1. The SMILES string of the molecule is Cc1oc(-c2cccc(C(N)=O)c2)cc1C(Cl)C1CCCCC1. The second kappa shape index (κ2) is 6.79. The number of benzene rings is 1. The Morgan fingerprint density at radius 1 is 1.26 bits per heavy atom. The molecule has 1 atom stereocenters. The summed E-state index contributed by atoms with van der Waals surface area (Å²) in [6, 6.07) is 9.20. The van der Waals surface area contributed by atoms with Gasteiger partial charge in [-0.05, 0) is 43.9 Å². The molecule has 4 heteroatoms. The molecule has 1 unspecified atom stereocenters. The van der Waals surface area contributed by atoms with Crippen LogP contribution >= 0.6 is 11.6 Å². The molecule has 1 saturated carbocycles. The first-order chi connectivity index (χ1) is 11.1. The lowest BCUT2D eigenvalue weighted by molar-refractivity contribution is 0.100. The van der Waals surface area contributed by atoms with Gasteiger partial charge in [0.15, 0.2) is 0 Å². The molecule has 1 aliphatic rings. The van der Waals surface area contributed by atoms with E-state index in [0.717, 1.165) is 22.6 Å². The number of alkyl halides is 1. The van der Waals surface area contributed by atoms with Gasteiger partial charge < -0.3 is 10.2 Å². The van der Waals surface area contributed by atoms with E-state index in [-0.39, 0.29) is 5.38 Å². The molecule has 1 aromatic carbocycles. The first-order valence-corrected chi connectivity index (χ1v) is 8.64. The predicted molar refractivity (Wildman–Crippen MR) is 92.6 cm³/mol. The summed E-state index contributed by atoms with van der Waals surface area (Å²) in [5.41, 5.74) is 7.75. The van der Waals surface area contributed by atoms with Crippen LogP contribution in [0.3, 0.4) is 0 Å². The second-order valence-electron chi connectivity index (χ2n) is 6.37. The van der Waals surface area contributed by atoms with Crippen molar-refractivity contribution in [2.75, 3.05) is 0 Å². The zero-order valence-corrected chi connectivity index (χ0v) is 14.1. The van der Waals surface area contributed by atoms with Gasteiger partial charge in [0, 0.05) is 16.7 Å². The van der Waals surface area contributed by atoms with Crippen LogP contribution in [0.15, 0.2) is 34.7 Å². The zero-order valence-electron chi connectivity index (χ0n) is 13.3. The fourth-order valence-electron chi connectivity index (χ4n) is 3.42. The van der Waals surface area contributed by atoms with Crippen molar-refractivity contribution in [3.05, 3.63) is 47.2 Å². The molecule has 2 aromatic rings. The molecule has 0 spiro atoms. The van der Waals surface area contributed by atoms with Gasteiger partial charge in [0.2, 0.25) is 5.91 Å². The lowest BCUT2D eigenvalue weighted by Crippen LogP contribution is -2.12. The minimum atomic E-state index is -0.437. The van der Waals surface area contributed by atoms with E-state index in [0.29, 0.717) is 11.5 Å². The van der Waals surface area contributed by atoms with Crippen LogP contribution in [0.1, 0.15) is 59.2 Å². The Hall–Kier alpha value is -1.74. The van der Waals surface area contributed by atoms with E-state index in [1.165, 1.54) is 32.1 Å². The Labute approximate surface area is 141 Å². The molecule has 1 aliphatic carbocycles. The second-order valence-corrected chi connectivity index (χ2v) is 6.84. The van der Waals surface area contributed by atoms with Gasteiger partial charge in [-0.2, -0.15) is 0 Å². The molecule has 1 aromatic heterocycles. The highest BCUT2D eigenvalue weighted by Gasteiger charge is 2.26. The van der Waals surface area contributed by atoms with Gasteiger partial charge in [0.05, 0.1) is 5.38 Å². The summed E-state index contributed by atoms with van der Waals surface area (Å²) in [7, 11) is 0. The van der Waals surface area contributed by atoms with Gasteiger partial charge in [0.25, 0.3) is 0 Å². The van der Waals surface area contributed by atoms with Crippen molar-refractivity contribution < 1.29 is 9.21 Å². The van der Waals surface area contributed by atoms with Crippen molar-refractivity contribution in [2.24, 2.45) is 11.7 Å². The number of carbonyl (C=O) groups excluding carboxylic acids is 1. The monoisotopic (exact) mass is 331 g/mol. The van der Waals surface area contributed by atoms with Crippen LogP contribution in [-0.2, 0) is 0 Å². The molecule has 2 N–H and O–H groups in total. The van der Waals surface area contributed by atoms with E-state index in [4.69, 9.17) is 21.8 Å². The molecule has 3 nitrogen and oxygen atoms in total. The highest BCUT2D eigenvalue weighted by atomic mass is 35.5. The average molecular weight is 332 g/mol. The summed E-state index contributed by atoms with van der Waals surface area (Å²) in [6.45, 7) is 1.95. The quantitative estimate of drug-likeness (QED) is 0.781. The number of furan rings is 1. The summed E-state index contributed by atoms with van der Waals surface area (Å²) < 4.78 is 5.91. The zero-order chi connectivity index (χ0) is 16.4. The maximum Gasteiger partial charge on any atom is 0.248 e. The minimum absolute atomic E-state index is 0.00729. The molecule has 0 saturated heterocycles. The number of rotatable bonds is 4. The maximum absolute atomic E-state index is 11.3. The third-order valence-corrected chi connectivity index (χ3v) is 5.34. The molecule has 0 bridgehead atoms. The summed E-state index contributed by atoms with van der Waals surface area (Å²) in [5.74, 6) is 1.68. The summed E-state index contributed by atoms with van der Waals surface area (Å²) in [5, 5.41) is -0.00729. The van der Waals surface area contributed by atoms with E-state index in [1.54, 1.807) is 12.1 Å². The van der Waals surface area contributed by atoms with Crippen LogP contribution in [0.5, 0.6) is 0 Å². The summed E-state index contributed by atoms with van der Waals surface area (Å²) >= 11 is 6.74. The summed E-state index contributed by atoms with van der Waals surface area (Å²) in [6.07, 6.45) is 6.21. The van der Waals surface area contributed by atoms with Crippen LogP contribution < -0.4 is 5.73 Å². The van der Waals surface area contributed by atoms with Crippen LogP contribution in [-0.4, -0.2) is 5.91 Å². The van der Waals surface area contributed by atoms with Crippen LogP contribution in [0.4, 0.5) is 0 Å². The van der Waals surface area contributed by atoms with Crippen LogP contribution in [0.25, 0.3) is 11.3 Å². The average Bonchev–Trinajstić information content (AvgIpc) is 2.97. The van der Waals surface area contributed by atoms with E-state index in [9.17, 15) is 4.79 Å². The minimum Gasteiger partial charge on any atom is -0.461 e. The highest BCUT2D eigenvalue weighted by molar-refractivity contribution is 6.21. The largest absolute Gasteiger partial charge is 0.461 e. The van der Waals surface area contributed by atoms with Gasteiger partial charge in [-0.15, -0.1) is 11.6 Å². The van der Waals surface area contributed by atoms with E-state index >= 15 is 0 Å². The molecular formula is C19H22ClNO2. The van der Waals surface area contributed by atoms with Crippen molar-refractivity contribution in [3.8, 4) is 11.3 Å². The van der Waals surface area contributed by atoms with Crippen LogP contribution in [0.2, 0.25) is 0 Å². The first kappa shape index (κ1) is 16.1. The predicted octanol–water partition coefficient (Wildman–Crippen LogP) is 5.21. The van der Waals surface area contributed by atoms with Crippen molar-refractivity contribution in [2.45, 2.75) is 44.4 Å². The molecule has 122 valence electrons. The van der Waals surface area contributed by atoms with Crippen LogP contribution in [0, 0.1) is 12.8 Å². The van der Waals surface area contributed by atoms with Crippen molar-refractivity contribution >= 4 is 17.5 Å². The lowest BCUT2D eigenvalue weighted by atomic mass is 9.84. The number of nitrogens with two attached hydrogens (primary N) is 1. The Bertz CT molecular complexity index is 701.